The zero-order valence-corrected chi connectivity index (χ0v) is 13.6. The van der Waals surface area contributed by atoms with Gasteiger partial charge in [0.15, 0.2) is 0 Å². The quantitative estimate of drug-likeness (QED) is 0.847. The number of carbonyl (C=O) groups excluding carboxylic acids is 1. The minimum absolute atomic E-state index is 0.0701. The van der Waals surface area contributed by atoms with E-state index in [0.717, 1.165) is 37.7 Å². The highest BCUT2D eigenvalue weighted by Crippen LogP contribution is 2.43. The first-order valence-corrected chi connectivity index (χ1v) is 8.43. The Morgan fingerprint density at radius 3 is 2.57 bits per heavy atom. The molecule has 1 unspecified atom stereocenters. The predicted molar refractivity (Wildman–Crippen MR) is 86.7 cm³/mol. The van der Waals surface area contributed by atoms with Gasteiger partial charge in [-0.2, -0.15) is 0 Å². The number of amides is 2. The van der Waals surface area contributed by atoms with Crippen LogP contribution in [0.4, 0.5) is 9.18 Å². The van der Waals surface area contributed by atoms with Gasteiger partial charge in [-0.1, -0.05) is 18.6 Å². The highest BCUT2D eigenvalue weighted by atomic mass is 19.1. The second-order valence-corrected chi connectivity index (χ2v) is 7.08. The van der Waals surface area contributed by atoms with Gasteiger partial charge in [0.1, 0.15) is 5.82 Å². The van der Waals surface area contributed by atoms with Crippen LogP contribution < -0.4 is 5.32 Å². The number of nitrogens with zero attached hydrogens (tertiary/aromatic N) is 1. The summed E-state index contributed by atoms with van der Waals surface area (Å²) in [6, 6.07) is 6.45. The standard InChI is InChI=1S/C18H25FN2O2/c1-21(11-16(22)13-3-4-13)17(23)20-12-18(9-2-10-18)14-5-7-15(19)8-6-14/h5-8,13,16,22H,2-4,9-12H2,1H3,(H,20,23). The fourth-order valence-corrected chi connectivity index (χ4v) is 3.35. The molecule has 23 heavy (non-hydrogen) atoms. The molecule has 4 nitrogen and oxygen atoms in total. The van der Waals surface area contributed by atoms with Crippen molar-refractivity contribution in [2.24, 2.45) is 5.92 Å². The van der Waals surface area contributed by atoms with E-state index in [9.17, 15) is 14.3 Å². The molecule has 0 bridgehead atoms. The molecule has 2 amide bonds. The van der Waals surface area contributed by atoms with Crippen LogP contribution in [0.15, 0.2) is 24.3 Å². The predicted octanol–water partition coefficient (Wildman–Crippen LogP) is 2.66. The van der Waals surface area contributed by atoms with Gasteiger partial charge in [0.05, 0.1) is 6.10 Å². The molecule has 1 aromatic rings. The normalized spacial score (nSPS) is 20.5. The molecule has 0 aliphatic heterocycles. The lowest BCUT2D eigenvalue weighted by molar-refractivity contribution is 0.112. The summed E-state index contributed by atoms with van der Waals surface area (Å²) in [5.41, 5.74) is 1.02. The first kappa shape index (κ1) is 16.2. The maximum atomic E-state index is 13.1. The molecule has 2 saturated carbocycles. The van der Waals surface area contributed by atoms with Crippen molar-refractivity contribution in [1.82, 2.24) is 10.2 Å². The molecule has 0 spiro atoms. The number of hydrogen-bond donors (Lipinski definition) is 2. The number of aliphatic hydroxyl groups is 1. The van der Waals surface area contributed by atoms with Gasteiger partial charge < -0.3 is 15.3 Å². The number of hydrogen-bond acceptors (Lipinski definition) is 2. The Hall–Kier alpha value is -1.62. The average Bonchev–Trinajstić information content (AvgIpc) is 3.32. The van der Waals surface area contributed by atoms with Crippen molar-refractivity contribution < 1.29 is 14.3 Å². The Morgan fingerprint density at radius 1 is 1.39 bits per heavy atom. The smallest absolute Gasteiger partial charge is 0.317 e. The second kappa shape index (κ2) is 6.48. The van der Waals surface area contributed by atoms with E-state index in [2.05, 4.69) is 5.32 Å². The van der Waals surface area contributed by atoms with Crippen molar-refractivity contribution >= 4 is 6.03 Å². The summed E-state index contributed by atoms with van der Waals surface area (Å²) in [5.74, 6) is 0.128. The van der Waals surface area contributed by atoms with Crippen molar-refractivity contribution in [3.63, 3.8) is 0 Å². The first-order chi connectivity index (χ1) is 11.0. The van der Waals surface area contributed by atoms with Gasteiger partial charge in [0.2, 0.25) is 0 Å². The molecule has 2 aliphatic rings. The summed E-state index contributed by atoms with van der Waals surface area (Å²) < 4.78 is 13.1. The number of rotatable bonds is 6. The van der Waals surface area contributed by atoms with Crippen LogP contribution in [0.1, 0.15) is 37.7 Å². The van der Waals surface area contributed by atoms with Crippen LogP contribution in [0.25, 0.3) is 0 Å². The van der Waals surface area contributed by atoms with Gasteiger partial charge in [0.25, 0.3) is 0 Å². The Balaban J connectivity index is 1.55. The van der Waals surface area contributed by atoms with Crippen molar-refractivity contribution in [2.45, 2.75) is 43.6 Å². The number of halogens is 1. The number of aliphatic hydroxyl groups excluding tert-OH is 1. The highest BCUT2D eigenvalue weighted by molar-refractivity contribution is 5.74. The van der Waals surface area contributed by atoms with E-state index in [1.165, 1.54) is 12.1 Å². The van der Waals surface area contributed by atoms with E-state index in [1.807, 2.05) is 12.1 Å². The number of benzene rings is 1. The minimum atomic E-state index is -0.416. The van der Waals surface area contributed by atoms with Crippen LogP contribution in [0.3, 0.4) is 0 Å². The Bertz CT molecular complexity index is 553. The molecule has 0 aromatic heterocycles. The summed E-state index contributed by atoms with van der Waals surface area (Å²) in [7, 11) is 1.71. The average molecular weight is 320 g/mol. The zero-order valence-electron chi connectivity index (χ0n) is 13.6. The molecule has 0 radical (unpaired) electrons. The van der Waals surface area contributed by atoms with Gasteiger partial charge in [-0.05, 0) is 49.3 Å². The molecule has 3 rings (SSSR count). The Morgan fingerprint density at radius 2 is 2.04 bits per heavy atom. The molecule has 0 heterocycles. The van der Waals surface area contributed by atoms with Gasteiger partial charge in [0, 0.05) is 25.6 Å². The van der Waals surface area contributed by atoms with Crippen molar-refractivity contribution in [3.05, 3.63) is 35.6 Å². The van der Waals surface area contributed by atoms with Gasteiger partial charge in [-0.15, -0.1) is 0 Å². The first-order valence-electron chi connectivity index (χ1n) is 8.43. The maximum absolute atomic E-state index is 13.1. The van der Waals surface area contributed by atoms with Crippen LogP contribution in [-0.4, -0.2) is 42.3 Å². The lowest BCUT2D eigenvalue weighted by atomic mass is 9.64. The summed E-state index contributed by atoms with van der Waals surface area (Å²) in [6.45, 7) is 0.932. The van der Waals surface area contributed by atoms with Crippen LogP contribution >= 0.6 is 0 Å². The molecular formula is C18H25FN2O2. The lowest BCUT2D eigenvalue weighted by Gasteiger charge is -2.43. The molecule has 1 aromatic carbocycles. The van der Waals surface area contributed by atoms with Crippen LogP contribution in [0.2, 0.25) is 0 Å². The molecule has 5 heteroatoms. The van der Waals surface area contributed by atoms with E-state index < -0.39 is 6.10 Å². The third kappa shape index (κ3) is 3.66. The summed E-state index contributed by atoms with van der Waals surface area (Å²) in [5, 5.41) is 12.9. The second-order valence-electron chi connectivity index (χ2n) is 7.08. The molecule has 1 atom stereocenters. The topological polar surface area (TPSA) is 52.6 Å². The van der Waals surface area contributed by atoms with E-state index in [1.54, 1.807) is 11.9 Å². The Kier molecular flexibility index (Phi) is 4.57. The monoisotopic (exact) mass is 320 g/mol. The minimum Gasteiger partial charge on any atom is -0.391 e. The lowest BCUT2D eigenvalue weighted by Crippen LogP contribution is -2.49. The fraction of sp³-hybridized carbons (Fsp3) is 0.611. The van der Waals surface area contributed by atoms with Crippen molar-refractivity contribution in [2.75, 3.05) is 20.1 Å². The molecule has 2 fully saturated rings. The number of nitrogens with one attached hydrogen (secondary N) is 1. The zero-order chi connectivity index (χ0) is 16.4. The number of urea groups is 1. The Labute approximate surface area is 136 Å². The van der Waals surface area contributed by atoms with E-state index in [0.29, 0.717) is 19.0 Å². The molecule has 0 saturated heterocycles. The summed E-state index contributed by atoms with van der Waals surface area (Å²) in [4.78, 5) is 13.8. The molecule has 2 aliphatic carbocycles. The fourth-order valence-electron chi connectivity index (χ4n) is 3.35. The summed E-state index contributed by atoms with van der Waals surface area (Å²) in [6.07, 6.45) is 4.85. The maximum Gasteiger partial charge on any atom is 0.317 e. The highest BCUT2D eigenvalue weighted by Gasteiger charge is 2.39. The molecule has 2 N–H and O–H groups in total. The molecule has 126 valence electrons. The van der Waals surface area contributed by atoms with Crippen LogP contribution in [0.5, 0.6) is 0 Å². The number of carbonyl (C=O) groups is 1. The van der Waals surface area contributed by atoms with Crippen LogP contribution in [0, 0.1) is 11.7 Å². The van der Waals surface area contributed by atoms with E-state index in [4.69, 9.17) is 0 Å². The third-order valence-electron chi connectivity index (χ3n) is 5.32. The van der Waals surface area contributed by atoms with Gasteiger partial charge in [-0.3, -0.25) is 0 Å². The van der Waals surface area contributed by atoms with E-state index in [-0.39, 0.29) is 17.3 Å². The third-order valence-corrected chi connectivity index (χ3v) is 5.32. The molecular weight excluding hydrogens is 295 g/mol. The van der Waals surface area contributed by atoms with E-state index >= 15 is 0 Å². The van der Waals surface area contributed by atoms with Gasteiger partial charge >= 0.3 is 6.03 Å². The number of likely N-dealkylation sites (N-methyl/N-ethyl adjacent to an activating group) is 1. The summed E-state index contributed by atoms with van der Waals surface area (Å²) >= 11 is 0. The van der Waals surface area contributed by atoms with Crippen molar-refractivity contribution in [1.29, 1.82) is 0 Å². The van der Waals surface area contributed by atoms with Crippen LogP contribution in [-0.2, 0) is 5.41 Å². The van der Waals surface area contributed by atoms with Gasteiger partial charge in [-0.25, -0.2) is 9.18 Å². The van der Waals surface area contributed by atoms with Crippen molar-refractivity contribution in [3.8, 4) is 0 Å². The SMILES string of the molecule is CN(CC(O)C1CC1)C(=O)NCC1(c2ccc(F)cc2)CCC1. The largest absolute Gasteiger partial charge is 0.391 e.